The van der Waals surface area contributed by atoms with E-state index < -0.39 is 11.3 Å². The molecule has 0 radical (unpaired) electrons. The zero-order chi connectivity index (χ0) is 20.5. The molecule has 3 aromatic rings. The summed E-state index contributed by atoms with van der Waals surface area (Å²) < 4.78 is 7.70. The predicted octanol–water partition coefficient (Wildman–Crippen LogP) is 1.94. The van der Waals surface area contributed by atoms with Gasteiger partial charge in [-0.05, 0) is 35.0 Å². The molecule has 2 aromatic heterocycles. The van der Waals surface area contributed by atoms with Crippen LogP contribution >= 0.6 is 11.3 Å². The van der Waals surface area contributed by atoms with Crippen LogP contribution in [0.3, 0.4) is 0 Å². The van der Waals surface area contributed by atoms with E-state index in [1.807, 2.05) is 23.6 Å². The normalized spacial score (nSPS) is 13.7. The maximum atomic E-state index is 12.7. The summed E-state index contributed by atoms with van der Waals surface area (Å²) in [5, 5.41) is 7.54. The highest BCUT2D eigenvalue weighted by Crippen LogP contribution is 2.24. The first-order valence-corrected chi connectivity index (χ1v) is 9.91. The van der Waals surface area contributed by atoms with Gasteiger partial charge in [-0.3, -0.25) is 24.1 Å². The van der Waals surface area contributed by atoms with Gasteiger partial charge in [0, 0.05) is 43.4 Å². The number of pyridine rings is 1. The quantitative estimate of drug-likeness (QED) is 0.693. The van der Waals surface area contributed by atoms with Gasteiger partial charge in [-0.2, -0.15) is 0 Å². The van der Waals surface area contributed by atoms with Crippen LogP contribution < -0.4 is 15.8 Å². The molecule has 4 rings (SSSR count). The summed E-state index contributed by atoms with van der Waals surface area (Å²) in [6.45, 7) is 1.15. The summed E-state index contributed by atoms with van der Waals surface area (Å²) in [4.78, 5) is 39.6. The second kappa shape index (κ2) is 7.69. The van der Waals surface area contributed by atoms with Gasteiger partial charge in [-0.1, -0.05) is 0 Å². The number of carbonyl (C=O) groups is 2. The minimum atomic E-state index is -0.512. The van der Waals surface area contributed by atoms with E-state index in [1.165, 1.54) is 12.3 Å². The van der Waals surface area contributed by atoms with Crippen LogP contribution in [-0.2, 0) is 4.74 Å². The van der Waals surface area contributed by atoms with Crippen molar-refractivity contribution in [1.29, 1.82) is 0 Å². The highest BCUT2D eigenvalue weighted by Gasteiger charge is 2.28. The Bertz CT molecular complexity index is 1150. The second-order valence-electron chi connectivity index (χ2n) is 6.77. The van der Waals surface area contributed by atoms with Crippen LogP contribution in [0.15, 0.2) is 46.7 Å². The highest BCUT2D eigenvalue weighted by atomic mass is 32.1. The molecule has 0 saturated heterocycles. The maximum Gasteiger partial charge on any atom is 0.274 e. The molecule has 0 bridgehead atoms. The van der Waals surface area contributed by atoms with Crippen LogP contribution in [0.2, 0.25) is 0 Å². The van der Waals surface area contributed by atoms with Gasteiger partial charge in [0.1, 0.15) is 17.9 Å². The van der Waals surface area contributed by atoms with Gasteiger partial charge in [0.25, 0.3) is 11.8 Å². The summed E-state index contributed by atoms with van der Waals surface area (Å²) in [6.07, 6.45) is 1.42. The third-order valence-corrected chi connectivity index (χ3v) is 5.70. The number of anilines is 1. The number of amides is 2. The Morgan fingerprint density at radius 2 is 2.07 bits per heavy atom. The lowest BCUT2D eigenvalue weighted by Crippen LogP contribution is -2.53. The molecule has 0 atom stereocenters. The fourth-order valence-corrected chi connectivity index (χ4v) is 4.07. The number of thiophene rings is 1. The lowest BCUT2D eigenvalue weighted by molar-refractivity contribution is 0.0634. The second-order valence-corrected chi connectivity index (χ2v) is 7.72. The van der Waals surface area contributed by atoms with E-state index in [1.54, 1.807) is 46.1 Å². The molecule has 8 nitrogen and oxygen atoms in total. The summed E-state index contributed by atoms with van der Waals surface area (Å²) in [6, 6.07) is 8.78. The molecule has 1 aromatic carbocycles. The number of nitrogens with one attached hydrogen (secondary N) is 1. The van der Waals surface area contributed by atoms with Crippen molar-refractivity contribution in [1.82, 2.24) is 9.58 Å². The first-order chi connectivity index (χ1) is 14.0. The Morgan fingerprint density at radius 3 is 2.86 bits per heavy atom. The predicted molar refractivity (Wildman–Crippen MR) is 112 cm³/mol. The van der Waals surface area contributed by atoms with Gasteiger partial charge in [0.2, 0.25) is 0 Å². The number of nitrogens with zero attached hydrogens (tertiary/aromatic N) is 3. The molecular formula is C20H20N4O4S. The first-order valence-electron chi connectivity index (χ1n) is 9.03. The Kier molecular flexibility index (Phi) is 5.08. The molecule has 2 amide bonds. The van der Waals surface area contributed by atoms with E-state index in [4.69, 9.17) is 4.74 Å². The Balaban J connectivity index is 1.62. The summed E-state index contributed by atoms with van der Waals surface area (Å²) >= 11 is 1.62. The first kappa shape index (κ1) is 19.2. The number of rotatable bonds is 5. The number of aromatic nitrogens is 1. The molecule has 29 heavy (non-hydrogen) atoms. The van der Waals surface area contributed by atoms with Crippen LogP contribution in [0.5, 0.6) is 0 Å². The Hall–Kier alpha value is -3.17. The van der Waals surface area contributed by atoms with Crippen molar-refractivity contribution < 1.29 is 14.3 Å². The molecule has 150 valence electrons. The summed E-state index contributed by atoms with van der Waals surface area (Å²) in [5.41, 5.74) is 0.305. The monoisotopic (exact) mass is 412 g/mol. The molecule has 9 heteroatoms. The van der Waals surface area contributed by atoms with Gasteiger partial charge in [-0.15, -0.1) is 11.3 Å². The van der Waals surface area contributed by atoms with Crippen LogP contribution in [0, 0.1) is 0 Å². The minimum absolute atomic E-state index is 0.0239. The summed E-state index contributed by atoms with van der Waals surface area (Å²) in [5.74, 6) is -0.783. The van der Waals surface area contributed by atoms with Crippen LogP contribution in [-0.4, -0.2) is 55.4 Å². The average molecular weight is 412 g/mol. The smallest absolute Gasteiger partial charge is 0.274 e. The van der Waals surface area contributed by atoms with Crippen LogP contribution in [0.4, 0.5) is 5.69 Å². The molecule has 3 heterocycles. The van der Waals surface area contributed by atoms with Gasteiger partial charge < -0.3 is 15.0 Å². The maximum absolute atomic E-state index is 12.7. The zero-order valence-corrected chi connectivity index (χ0v) is 16.9. The van der Waals surface area contributed by atoms with Crippen molar-refractivity contribution in [2.75, 3.05) is 44.3 Å². The largest absolute Gasteiger partial charge is 0.383 e. The van der Waals surface area contributed by atoms with Crippen molar-refractivity contribution in [3.05, 3.63) is 63.4 Å². The van der Waals surface area contributed by atoms with E-state index in [-0.39, 0.29) is 17.2 Å². The number of hydrogen-bond acceptors (Lipinski definition) is 6. The van der Waals surface area contributed by atoms with Crippen molar-refractivity contribution in [2.45, 2.75) is 0 Å². The molecule has 0 saturated carbocycles. The molecule has 1 N–H and O–H groups in total. The van der Waals surface area contributed by atoms with Crippen molar-refractivity contribution >= 4 is 38.9 Å². The third-order valence-electron chi connectivity index (χ3n) is 4.80. The number of methoxy groups -OCH3 is 1. The lowest BCUT2D eigenvalue weighted by Gasteiger charge is -2.37. The molecule has 1 aliphatic heterocycles. The van der Waals surface area contributed by atoms with Gasteiger partial charge in [0.05, 0.1) is 6.61 Å². The number of fused-ring (bicyclic) bond motifs is 2. The van der Waals surface area contributed by atoms with E-state index >= 15 is 0 Å². The topological polar surface area (TPSA) is 83.9 Å². The van der Waals surface area contributed by atoms with E-state index in [2.05, 4.69) is 5.32 Å². The van der Waals surface area contributed by atoms with E-state index in [9.17, 15) is 14.4 Å². The SMILES string of the molecule is COCCN1CN(C)n2cc(C(=O)Nc3ccc4sccc4c3)c(=O)cc2C1=O. The lowest BCUT2D eigenvalue weighted by atomic mass is 10.2. The fourth-order valence-electron chi connectivity index (χ4n) is 3.29. The Morgan fingerprint density at radius 1 is 1.24 bits per heavy atom. The minimum Gasteiger partial charge on any atom is -0.383 e. The van der Waals surface area contributed by atoms with Crippen molar-refractivity contribution in [3.63, 3.8) is 0 Å². The van der Waals surface area contributed by atoms with Gasteiger partial charge in [0.15, 0.2) is 5.43 Å². The molecule has 0 aliphatic carbocycles. The fraction of sp³-hybridized carbons (Fsp3) is 0.250. The number of carbonyl (C=O) groups excluding carboxylic acids is 2. The standard InChI is InChI=1S/C20H20N4O4S/c1-22-12-23(6-7-28-2)20(27)16-10-17(25)15(11-24(16)22)19(26)21-14-3-4-18-13(9-14)5-8-29-18/h3-5,8-11H,6-7,12H2,1-2H3,(H,21,26). The number of ether oxygens (including phenoxy) is 1. The van der Waals surface area contributed by atoms with E-state index in [0.29, 0.717) is 25.5 Å². The molecule has 1 aliphatic rings. The number of hydrogen-bond donors (Lipinski definition) is 1. The molecular weight excluding hydrogens is 392 g/mol. The molecule has 0 fully saturated rings. The van der Waals surface area contributed by atoms with Gasteiger partial charge in [-0.25, -0.2) is 0 Å². The third kappa shape index (κ3) is 3.62. The van der Waals surface area contributed by atoms with E-state index in [0.717, 1.165) is 10.1 Å². The zero-order valence-electron chi connectivity index (χ0n) is 16.0. The summed E-state index contributed by atoms with van der Waals surface area (Å²) in [7, 11) is 3.35. The van der Waals surface area contributed by atoms with Crippen molar-refractivity contribution in [2.24, 2.45) is 0 Å². The highest BCUT2D eigenvalue weighted by molar-refractivity contribution is 7.17. The number of benzene rings is 1. The van der Waals surface area contributed by atoms with Crippen LogP contribution in [0.25, 0.3) is 10.1 Å². The van der Waals surface area contributed by atoms with Gasteiger partial charge >= 0.3 is 0 Å². The van der Waals surface area contributed by atoms with Crippen molar-refractivity contribution in [3.8, 4) is 0 Å². The molecule has 0 spiro atoms. The Labute approximate surface area is 170 Å². The van der Waals surface area contributed by atoms with Crippen LogP contribution in [0.1, 0.15) is 20.8 Å². The molecule has 0 unspecified atom stereocenters. The average Bonchev–Trinajstić information content (AvgIpc) is 3.17.